The zero-order valence-electron chi connectivity index (χ0n) is 19.4. The normalized spacial score (nSPS) is 21.6. The molecule has 0 aliphatic heterocycles. The molecule has 180 valence electrons. The van der Waals surface area contributed by atoms with Crippen molar-refractivity contribution in [3.8, 4) is 11.1 Å². The number of ether oxygens (including phenoxy) is 2. The molecule has 33 heavy (non-hydrogen) atoms. The lowest BCUT2D eigenvalue weighted by Crippen LogP contribution is -2.38. The molecule has 0 radical (unpaired) electrons. The van der Waals surface area contributed by atoms with Gasteiger partial charge in [-0.15, -0.1) is 0 Å². The van der Waals surface area contributed by atoms with Crippen molar-refractivity contribution in [1.29, 1.82) is 0 Å². The number of benzene rings is 1. The molecule has 2 aliphatic carbocycles. The van der Waals surface area contributed by atoms with Crippen molar-refractivity contribution in [2.45, 2.75) is 56.2 Å². The first kappa shape index (κ1) is 23.9. The van der Waals surface area contributed by atoms with Crippen LogP contribution in [0.2, 0.25) is 0 Å². The van der Waals surface area contributed by atoms with Crippen LogP contribution in [0, 0.1) is 11.6 Å². The lowest BCUT2D eigenvalue weighted by molar-refractivity contribution is 0.0914. The van der Waals surface area contributed by atoms with E-state index < -0.39 is 5.82 Å². The van der Waals surface area contributed by atoms with Gasteiger partial charge in [0.1, 0.15) is 17.5 Å². The smallest absolute Gasteiger partial charge is 0.149 e. The van der Waals surface area contributed by atoms with Gasteiger partial charge in [0.05, 0.1) is 24.1 Å². The fraction of sp³-hybridized carbons (Fsp3) is 0.560. The van der Waals surface area contributed by atoms with E-state index in [1.54, 1.807) is 32.4 Å². The van der Waals surface area contributed by atoms with Crippen LogP contribution in [-0.2, 0) is 9.47 Å². The summed E-state index contributed by atoms with van der Waals surface area (Å²) in [5.74, 6) is -0.161. The number of hydrogen-bond acceptors (Lipinski definition) is 6. The highest BCUT2D eigenvalue weighted by Gasteiger charge is 2.42. The molecule has 1 heterocycles. The van der Waals surface area contributed by atoms with Gasteiger partial charge in [-0.2, -0.15) is 0 Å². The van der Waals surface area contributed by atoms with Crippen molar-refractivity contribution in [3.63, 3.8) is 0 Å². The molecule has 0 amide bonds. The highest BCUT2D eigenvalue weighted by molar-refractivity contribution is 5.71. The Balaban J connectivity index is 1.40. The molecule has 1 aromatic carbocycles. The van der Waals surface area contributed by atoms with E-state index in [0.29, 0.717) is 47.9 Å². The fourth-order valence-corrected chi connectivity index (χ4v) is 4.43. The molecule has 3 N–H and O–H groups in total. The van der Waals surface area contributed by atoms with E-state index in [4.69, 9.17) is 9.47 Å². The van der Waals surface area contributed by atoms with Crippen molar-refractivity contribution in [1.82, 2.24) is 10.3 Å². The third kappa shape index (κ3) is 6.19. The Morgan fingerprint density at radius 3 is 2.48 bits per heavy atom. The van der Waals surface area contributed by atoms with Gasteiger partial charge < -0.3 is 25.4 Å². The second-order valence-electron chi connectivity index (χ2n) is 9.12. The SMILES string of the molecule is COCCNC1CCC(Nc2cc(-c3ccc(F)c(NCC4(OC)CC4)c3)c(F)cn2)CC1. The Bertz CT molecular complexity index is 931. The maximum absolute atomic E-state index is 14.7. The van der Waals surface area contributed by atoms with Crippen LogP contribution in [0.4, 0.5) is 20.3 Å². The predicted octanol–water partition coefficient (Wildman–Crippen LogP) is 4.58. The molecule has 0 unspecified atom stereocenters. The van der Waals surface area contributed by atoms with E-state index in [9.17, 15) is 8.78 Å². The highest BCUT2D eigenvalue weighted by atomic mass is 19.1. The molecule has 2 aliphatic rings. The molecule has 4 rings (SSSR count). The summed E-state index contributed by atoms with van der Waals surface area (Å²) in [7, 11) is 3.38. The fourth-order valence-electron chi connectivity index (χ4n) is 4.43. The monoisotopic (exact) mass is 460 g/mol. The number of rotatable bonds is 11. The van der Waals surface area contributed by atoms with Gasteiger partial charge in [0.15, 0.2) is 0 Å². The van der Waals surface area contributed by atoms with Crippen molar-refractivity contribution in [2.24, 2.45) is 0 Å². The summed E-state index contributed by atoms with van der Waals surface area (Å²) >= 11 is 0. The van der Waals surface area contributed by atoms with Gasteiger partial charge in [0.2, 0.25) is 0 Å². The molecule has 2 saturated carbocycles. The van der Waals surface area contributed by atoms with Crippen molar-refractivity contribution in [2.75, 3.05) is 44.5 Å². The molecular formula is C25H34F2N4O2. The van der Waals surface area contributed by atoms with E-state index >= 15 is 0 Å². The summed E-state index contributed by atoms with van der Waals surface area (Å²) < 4.78 is 39.6. The van der Waals surface area contributed by atoms with Crippen LogP contribution >= 0.6 is 0 Å². The second-order valence-corrected chi connectivity index (χ2v) is 9.12. The van der Waals surface area contributed by atoms with Crippen molar-refractivity contribution >= 4 is 11.5 Å². The van der Waals surface area contributed by atoms with Gasteiger partial charge >= 0.3 is 0 Å². The van der Waals surface area contributed by atoms with Gasteiger partial charge in [-0.05, 0) is 62.3 Å². The highest BCUT2D eigenvalue weighted by Crippen LogP contribution is 2.39. The summed E-state index contributed by atoms with van der Waals surface area (Å²) in [6, 6.07) is 7.14. The number of nitrogens with one attached hydrogen (secondary N) is 3. The van der Waals surface area contributed by atoms with Crippen LogP contribution in [-0.4, -0.2) is 56.6 Å². The number of aromatic nitrogens is 1. The molecule has 2 fully saturated rings. The molecule has 1 aromatic heterocycles. The van der Waals surface area contributed by atoms with Crippen molar-refractivity contribution < 1.29 is 18.3 Å². The molecule has 2 aromatic rings. The van der Waals surface area contributed by atoms with Crippen LogP contribution in [0.5, 0.6) is 0 Å². The van der Waals surface area contributed by atoms with Gasteiger partial charge in [0.25, 0.3) is 0 Å². The van der Waals surface area contributed by atoms with E-state index in [-0.39, 0.29) is 11.4 Å². The zero-order valence-corrected chi connectivity index (χ0v) is 19.4. The average molecular weight is 461 g/mol. The Labute approximate surface area is 194 Å². The van der Waals surface area contributed by atoms with Crippen LogP contribution in [0.25, 0.3) is 11.1 Å². The van der Waals surface area contributed by atoms with E-state index in [1.807, 2.05) is 0 Å². The van der Waals surface area contributed by atoms with Crippen LogP contribution < -0.4 is 16.0 Å². The van der Waals surface area contributed by atoms with Crippen LogP contribution in [0.3, 0.4) is 0 Å². The Morgan fingerprint density at radius 1 is 1.03 bits per heavy atom. The Morgan fingerprint density at radius 2 is 1.79 bits per heavy atom. The second kappa shape index (κ2) is 10.8. The first-order valence-corrected chi connectivity index (χ1v) is 11.8. The summed E-state index contributed by atoms with van der Waals surface area (Å²) in [5.41, 5.74) is 1.15. The Hall–Kier alpha value is -2.29. The quantitative estimate of drug-likeness (QED) is 0.427. The average Bonchev–Trinajstić information content (AvgIpc) is 3.62. The van der Waals surface area contributed by atoms with Crippen molar-refractivity contribution in [3.05, 3.63) is 42.1 Å². The minimum absolute atomic E-state index is 0.209. The van der Waals surface area contributed by atoms with Crippen LogP contribution in [0.1, 0.15) is 38.5 Å². The predicted molar refractivity (Wildman–Crippen MR) is 127 cm³/mol. The number of methoxy groups -OCH3 is 2. The third-order valence-corrected chi connectivity index (χ3v) is 6.79. The lowest BCUT2D eigenvalue weighted by Gasteiger charge is -2.30. The van der Waals surface area contributed by atoms with E-state index in [2.05, 4.69) is 20.9 Å². The number of hydrogen-bond donors (Lipinski definition) is 3. The lowest BCUT2D eigenvalue weighted by atomic mass is 9.91. The molecule has 0 spiro atoms. The summed E-state index contributed by atoms with van der Waals surface area (Å²) in [6.07, 6.45) is 7.33. The minimum atomic E-state index is -0.431. The summed E-state index contributed by atoms with van der Waals surface area (Å²) in [5, 5.41) is 10.1. The topological polar surface area (TPSA) is 67.4 Å². The first-order chi connectivity index (χ1) is 16.0. The number of halogens is 2. The first-order valence-electron chi connectivity index (χ1n) is 11.8. The number of pyridine rings is 1. The molecule has 6 nitrogen and oxygen atoms in total. The Kier molecular flexibility index (Phi) is 7.78. The van der Waals surface area contributed by atoms with Gasteiger partial charge in [0, 0.05) is 45.0 Å². The van der Waals surface area contributed by atoms with Gasteiger partial charge in [-0.3, -0.25) is 0 Å². The largest absolute Gasteiger partial charge is 0.383 e. The van der Waals surface area contributed by atoms with Gasteiger partial charge in [-0.1, -0.05) is 6.07 Å². The van der Waals surface area contributed by atoms with E-state index in [0.717, 1.165) is 45.1 Å². The minimum Gasteiger partial charge on any atom is -0.383 e. The third-order valence-electron chi connectivity index (χ3n) is 6.79. The van der Waals surface area contributed by atoms with Gasteiger partial charge in [-0.25, -0.2) is 13.8 Å². The molecule has 8 heteroatoms. The molecule has 0 saturated heterocycles. The van der Waals surface area contributed by atoms with Crippen LogP contribution in [0.15, 0.2) is 30.5 Å². The van der Waals surface area contributed by atoms with E-state index in [1.165, 1.54) is 12.3 Å². The maximum Gasteiger partial charge on any atom is 0.149 e. The number of anilines is 2. The molecular weight excluding hydrogens is 426 g/mol. The molecule has 0 atom stereocenters. The zero-order chi connectivity index (χ0) is 23.3. The molecule has 0 bridgehead atoms. The summed E-state index contributed by atoms with van der Waals surface area (Å²) in [6.45, 7) is 2.11. The standard InChI is InChI=1S/C25H34F2N4O2/c1-32-12-11-28-18-4-6-19(7-5-18)31-24-14-20(22(27)15-29-24)17-3-8-21(26)23(13-17)30-16-25(33-2)9-10-25/h3,8,13-15,18-19,28,30H,4-7,9-12,16H2,1-2H3,(H,29,31). The summed E-state index contributed by atoms with van der Waals surface area (Å²) in [4.78, 5) is 4.24. The maximum atomic E-state index is 14.7. The number of nitrogens with zero attached hydrogens (tertiary/aromatic N) is 1.